The van der Waals surface area contributed by atoms with Crippen LogP contribution in [-0.4, -0.2) is 31.7 Å². The summed E-state index contributed by atoms with van der Waals surface area (Å²) in [5, 5.41) is 2.99. The molecule has 1 aliphatic rings. The van der Waals surface area contributed by atoms with Crippen LogP contribution >= 0.6 is 0 Å². The van der Waals surface area contributed by atoms with E-state index in [-0.39, 0.29) is 5.91 Å². The molecule has 0 spiro atoms. The second kappa shape index (κ2) is 10.2. The van der Waals surface area contributed by atoms with Crippen LogP contribution in [0.15, 0.2) is 53.4 Å². The lowest BCUT2D eigenvalue weighted by Gasteiger charge is -2.31. The summed E-state index contributed by atoms with van der Waals surface area (Å²) in [7, 11) is -3.42. The van der Waals surface area contributed by atoms with Crippen molar-refractivity contribution in [1.82, 2.24) is 9.62 Å². The molecule has 162 valence electrons. The van der Waals surface area contributed by atoms with Crippen molar-refractivity contribution in [2.45, 2.75) is 57.4 Å². The van der Waals surface area contributed by atoms with Crippen LogP contribution in [-0.2, 0) is 27.8 Å². The summed E-state index contributed by atoms with van der Waals surface area (Å²) in [6.45, 7) is 5.66. The SMILES string of the molecule is CCc1ccc(CNC(=O)CCC2CCN(S(=O)(=O)c3ccc(C)cc3)CC2)cc1. The Morgan fingerprint density at radius 1 is 1.00 bits per heavy atom. The van der Waals surface area contributed by atoms with Crippen LogP contribution in [0.5, 0.6) is 0 Å². The van der Waals surface area contributed by atoms with Crippen LogP contribution in [0.2, 0.25) is 0 Å². The van der Waals surface area contributed by atoms with Crippen LogP contribution in [0.4, 0.5) is 0 Å². The van der Waals surface area contributed by atoms with Gasteiger partial charge in [-0.05, 0) is 61.8 Å². The monoisotopic (exact) mass is 428 g/mol. The van der Waals surface area contributed by atoms with Gasteiger partial charge in [0, 0.05) is 26.1 Å². The molecule has 2 aromatic carbocycles. The van der Waals surface area contributed by atoms with Gasteiger partial charge in [-0.25, -0.2) is 8.42 Å². The van der Waals surface area contributed by atoms with Crippen LogP contribution in [0.1, 0.15) is 49.3 Å². The summed E-state index contributed by atoms with van der Waals surface area (Å²) in [5.41, 5.74) is 3.44. The maximum absolute atomic E-state index is 12.8. The standard InChI is InChI=1S/C24H32N2O3S/c1-3-20-6-8-22(9-7-20)18-25-24(27)13-10-21-14-16-26(17-15-21)30(28,29)23-11-4-19(2)5-12-23/h4-9,11-12,21H,3,10,13-18H2,1-2H3,(H,25,27). The first-order valence-corrected chi connectivity index (χ1v) is 12.2. The molecule has 1 fully saturated rings. The topological polar surface area (TPSA) is 66.5 Å². The summed E-state index contributed by atoms with van der Waals surface area (Å²) in [5.74, 6) is 0.452. The predicted molar refractivity (Wildman–Crippen MR) is 120 cm³/mol. The van der Waals surface area contributed by atoms with Gasteiger partial charge in [0.1, 0.15) is 0 Å². The second-order valence-electron chi connectivity index (χ2n) is 8.15. The largest absolute Gasteiger partial charge is 0.352 e. The highest BCUT2D eigenvalue weighted by atomic mass is 32.2. The Labute approximate surface area is 180 Å². The van der Waals surface area contributed by atoms with Crippen molar-refractivity contribution in [3.8, 4) is 0 Å². The van der Waals surface area contributed by atoms with E-state index in [1.807, 2.05) is 19.1 Å². The molecule has 1 N–H and O–H groups in total. The number of aryl methyl sites for hydroxylation is 2. The van der Waals surface area contributed by atoms with Crippen molar-refractivity contribution < 1.29 is 13.2 Å². The van der Waals surface area contributed by atoms with E-state index < -0.39 is 10.0 Å². The number of benzene rings is 2. The van der Waals surface area contributed by atoms with Gasteiger partial charge < -0.3 is 5.32 Å². The van der Waals surface area contributed by atoms with E-state index in [1.165, 1.54) is 5.56 Å². The Bertz CT molecular complexity index is 929. The van der Waals surface area contributed by atoms with Crippen molar-refractivity contribution in [2.75, 3.05) is 13.1 Å². The first-order chi connectivity index (χ1) is 14.4. The highest BCUT2D eigenvalue weighted by Crippen LogP contribution is 2.26. The number of rotatable bonds is 8. The number of nitrogens with zero attached hydrogens (tertiary/aromatic N) is 1. The molecule has 5 nitrogen and oxygen atoms in total. The highest BCUT2D eigenvalue weighted by Gasteiger charge is 2.29. The molecular weight excluding hydrogens is 396 g/mol. The fourth-order valence-corrected chi connectivity index (χ4v) is 5.28. The molecule has 2 aromatic rings. The lowest BCUT2D eigenvalue weighted by atomic mass is 9.93. The summed E-state index contributed by atoms with van der Waals surface area (Å²) in [6, 6.07) is 15.3. The van der Waals surface area contributed by atoms with E-state index in [1.54, 1.807) is 16.4 Å². The molecule has 0 saturated carbocycles. The molecule has 6 heteroatoms. The van der Waals surface area contributed by atoms with E-state index in [4.69, 9.17) is 0 Å². The Balaban J connectivity index is 1.41. The van der Waals surface area contributed by atoms with Crippen molar-refractivity contribution in [1.29, 1.82) is 0 Å². The van der Waals surface area contributed by atoms with Gasteiger partial charge in [-0.3, -0.25) is 4.79 Å². The Morgan fingerprint density at radius 3 is 2.20 bits per heavy atom. The highest BCUT2D eigenvalue weighted by molar-refractivity contribution is 7.89. The summed E-state index contributed by atoms with van der Waals surface area (Å²) < 4.78 is 27.2. The van der Waals surface area contributed by atoms with Gasteiger partial charge in [0.15, 0.2) is 0 Å². The average Bonchev–Trinajstić information content (AvgIpc) is 2.77. The number of piperidine rings is 1. The zero-order valence-corrected chi connectivity index (χ0v) is 18.7. The molecule has 0 unspecified atom stereocenters. The zero-order chi connectivity index (χ0) is 21.6. The normalized spacial score (nSPS) is 15.8. The lowest BCUT2D eigenvalue weighted by Crippen LogP contribution is -2.38. The molecule has 1 amide bonds. The van der Waals surface area contributed by atoms with Crippen molar-refractivity contribution in [2.24, 2.45) is 5.92 Å². The molecule has 0 bridgehead atoms. The molecular formula is C24H32N2O3S. The Morgan fingerprint density at radius 2 is 1.60 bits per heavy atom. The van der Waals surface area contributed by atoms with Gasteiger partial charge >= 0.3 is 0 Å². The molecule has 0 aliphatic carbocycles. The van der Waals surface area contributed by atoms with Gasteiger partial charge in [-0.2, -0.15) is 4.31 Å². The number of carbonyl (C=O) groups is 1. The first-order valence-electron chi connectivity index (χ1n) is 10.8. The fourth-order valence-electron chi connectivity index (χ4n) is 3.81. The molecule has 1 aliphatic heterocycles. The van der Waals surface area contributed by atoms with E-state index in [0.717, 1.165) is 36.8 Å². The van der Waals surface area contributed by atoms with Crippen LogP contribution in [0, 0.1) is 12.8 Å². The average molecular weight is 429 g/mol. The Hall–Kier alpha value is -2.18. The van der Waals surface area contributed by atoms with E-state index in [2.05, 4.69) is 36.5 Å². The molecule has 30 heavy (non-hydrogen) atoms. The van der Waals surface area contributed by atoms with Gasteiger partial charge in [0.05, 0.1) is 4.90 Å². The van der Waals surface area contributed by atoms with Crippen LogP contribution in [0.3, 0.4) is 0 Å². The quantitative estimate of drug-likeness (QED) is 0.690. The summed E-state index contributed by atoms with van der Waals surface area (Å²) in [6.07, 6.45) is 3.91. The molecule has 1 saturated heterocycles. The van der Waals surface area contributed by atoms with Crippen molar-refractivity contribution in [3.05, 3.63) is 65.2 Å². The lowest BCUT2D eigenvalue weighted by molar-refractivity contribution is -0.121. The number of hydrogen-bond acceptors (Lipinski definition) is 3. The third-order valence-electron chi connectivity index (χ3n) is 5.93. The third kappa shape index (κ3) is 5.92. The van der Waals surface area contributed by atoms with Gasteiger partial charge in [-0.15, -0.1) is 0 Å². The molecule has 1 heterocycles. The number of sulfonamides is 1. The van der Waals surface area contributed by atoms with Crippen LogP contribution < -0.4 is 5.32 Å². The molecule has 0 radical (unpaired) electrons. The minimum Gasteiger partial charge on any atom is -0.352 e. The maximum atomic E-state index is 12.8. The molecule has 0 atom stereocenters. The molecule has 3 rings (SSSR count). The van der Waals surface area contributed by atoms with Crippen molar-refractivity contribution in [3.63, 3.8) is 0 Å². The minimum absolute atomic E-state index is 0.0595. The smallest absolute Gasteiger partial charge is 0.243 e. The first kappa shape index (κ1) is 22.5. The fraction of sp³-hybridized carbons (Fsp3) is 0.458. The summed E-state index contributed by atoms with van der Waals surface area (Å²) >= 11 is 0. The van der Waals surface area contributed by atoms with Crippen LogP contribution in [0.25, 0.3) is 0 Å². The van der Waals surface area contributed by atoms with Crippen molar-refractivity contribution >= 4 is 15.9 Å². The Kier molecular flexibility index (Phi) is 7.67. The predicted octanol–water partition coefficient (Wildman–Crippen LogP) is 4.05. The minimum atomic E-state index is -3.42. The van der Waals surface area contributed by atoms with E-state index in [0.29, 0.717) is 36.9 Å². The third-order valence-corrected chi connectivity index (χ3v) is 7.85. The molecule has 0 aromatic heterocycles. The van der Waals surface area contributed by atoms with Gasteiger partial charge in [0.2, 0.25) is 15.9 Å². The number of carbonyl (C=O) groups excluding carboxylic acids is 1. The second-order valence-corrected chi connectivity index (χ2v) is 10.1. The number of hydrogen-bond donors (Lipinski definition) is 1. The van der Waals surface area contributed by atoms with Gasteiger partial charge in [-0.1, -0.05) is 48.9 Å². The zero-order valence-electron chi connectivity index (χ0n) is 17.9. The van der Waals surface area contributed by atoms with E-state index >= 15 is 0 Å². The summed E-state index contributed by atoms with van der Waals surface area (Å²) in [4.78, 5) is 12.6. The van der Waals surface area contributed by atoms with E-state index in [9.17, 15) is 13.2 Å². The number of amides is 1. The maximum Gasteiger partial charge on any atom is 0.243 e. The van der Waals surface area contributed by atoms with Gasteiger partial charge in [0.25, 0.3) is 0 Å². The number of nitrogens with one attached hydrogen (secondary N) is 1.